The summed E-state index contributed by atoms with van der Waals surface area (Å²) in [6.07, 6.45) is 21.6. The summed E-state index contributed by atoms with van der Waals surface area (Å²) in [6.45, 7) is 7.41. The number of methoxy groups -OCH3 is 2. The van der Waals surface area contributed by atoms with Crippen LogP contribution in [0.25, 0.3) is 22.3 Å². The zero-order chi connectivity index (χ0) is 57.0. The molecule has 12 heteroatoms. The summed E-state index contributed by atoms with van der Waals surface area (Å²) in [7, 11) is 2.76. The Hall–Kier alpha value is -8.64. The maximum atomic E-state index is 13.4. The van der Waals surface area contributed by atoms with Gasteiger partial charge in [0.15, 0.2) is 23.0 Å². The van der Waals surface area contributed by atoms with Gasteiger partial charge in [-0.2, -0.15) is 0 Å². The van der Waals surface area contributed by atoms with Gasteiger partial charge in [0.05, 0.1) is 49.7 Å². The Labute approximate surface area is 476 Å². The summed E-state index contributed by atoms with van der Waals surface area (Å²) in [5.74, 6) is -0.262. The van der Waals surface area contributed by atoms with E-state index >= 15 is 0 Å². The first-order valence-corrected chi connectivity index (χ1v) is 28.3. The molecule has 0 N–H and O–H groups in total. The average molecular weight is 1100 g/mol. The zero-order valence-electron chi connectivity index (χ0n) is 46.9. The van der Waals surface area contributed by atoms with Crippen LogP contribution in [0.3, 0.4) is 0 Å². The van der Waals surface area contributed by atoms with Gasteiger partial charge in [0.1, 0.15) is 23.0 Å². The molecular formula is C69H74O12. The Morgan fingerprint density at radius 1 is 0.358 bits per heavy atom. The van der Waals surface area contributed by atoms with E-state index in [1.54, 1.807) is 24.3 Å². The number of hydrogen-bond donors (Lipinski definition) is 0. The summed E-state index contributed by atoms with van der Waals surface area (Å²) >= 11 is 0. The van der Waals surface area contributed by atoms with E-state index in [-0.39, 0.29) is 45.3 Å². The molecule has 7 aromatic carbocycles. The summed E-state index contributed by atoms with van der Waals surface area (Å²) in [5, 5.41) is 0. The minimum absolute atomic E-state index is 0.0326. The molecule has 0 radical (unpaired) electrons. The van der Waals surface area contributed by atoms with Crippen LogP contribution < -0.4 is 37.9 Å². The fraction of sp³-hybridized carbons (Fsp3) is 0.304. The van der Waals surface area contributed by atoms with Gasteiger partial charge in [0, 0.05) is 0 Å². The minimum Gasteiger partial charge on any atom is -0.494 e. The predicted octanol–water partition coefficient (Wildman–Crippen LogP) is 17.1. The van der Waals surface area contributed by atoms with Crippen molar-refractivity contribution >= 4 is 23.9 Å². The van der Waals surface area contributed by atoms with Crippen LogP contribution in [-0.2, 0) is 0 Å². The Morgan fingerprint density at radius 2 is 0.691 bits per heavy atom. The largest absolute Gasteiger partial charge is 0.494 e. The molecule has 7 rings (SSSR count). The fourth-order valence-corrected chi connectivity index (χ4v) is 8.99. The summed E-state index contributed by atoms with van der Waals surface area (Å²) in [4.78, 5) is 53.4. The number of ether oxygens (including phenoxy) is 8. The average Bonchev–Trinajstić information content (AvgIpc) is 3.50. The Bertz CT molecular complexity index is 3110. The standard InChI is InChI=1S/C69H74O12/c1-5-7-9-11-13-15-17-19-21-46-77-59-37-27-51(28-38-59)53-31-41-61(42-32-53)79-67(71)57-34-44-63(65(49-57)75-4)81-69(73)55-24-22-23-54(47-55)68(72)80-62-43-33-56(48-64(62)74-3)66(70)78-60-39-29-52(30-40-60)50-25-35-58(36-26-50)76-45-20-18-16-14-12-10-8-6-2/h5,22-44,47-49H,1,6-21,45-46H2,2-4H3. The first kappa shape index (κ1) is 60.0. The van der Waals surface area contributed by atoms with Gasteiger partial charge in [-0.25, -0.2) is 19.2 Å². The quantitative estimate of drug-likeness (QED) is 0.0167. The van der Waals surface area contributed by atoms with Crippen molar-refractivity contribution < 1.29 is 57.1 Å². The van der Waals surface area contributed by atoms with E-state index < -0.39 is 23.9 Å². The van der Waals surface area contributed by atoms with Crippen molar-refractivity contribution in [2.24, 2.45) is 0 Å². The van der Waals surface area contributed by atoms with E-state index in [0.29, 0.717) is 24.7 Å². The topological polar surface area (TPSA) is 142 Å². The smallest absolute Gasteiger partial charge is 0.343 e. The molecule has 0 bridgehead atoms. The van der Waals surface area contributed by atoms with E-state index in [2.05, 4.69) is 13.5 Å². The van der Waals surface area contributed by atoms with Gasteiger partial charge in [0.25, 0.3) is 0 Å². The molecule has 0 amide bonds. The van der Waals surface area contributed by atoms with Crippen molar-refractivity contribution in [1.29, 1.82) is 0 Å². The van der Waals surface area contributed by atoms with Crippen LogP contribution in [0.15, 0.2) is 170 Å². The number of carbonyl (C=O) groups excluding carboxylic acids is 4. The monoisotopic (exact) mass is 1090 g/mol. The van der Waals surface area contributed by atoms with E-state index in [1.807, 2.05) is 78.9 Å². The first-order valence-electron chi connectivity index (χ1n) is 28.3. The van der Waals surface area contributed by atoms with Gasteiger partial charge >= 0.3 is 23.9 Å². The summed E-state index contributed by atoms with van der Waals surface area (Å²) in [5.41, 5.74) is 4.29. The number of esters is 4. The SMILES string of the molecule is C=CCCCCCCCCCOc1ccc(-c2ccc(OC(=O)c3ccc(OC(=O)c4cccc(C(=O)Oc5ccc(C(=O)Oc6ccc(-c7ccc(OCCCCCCCCCC)cc7)cc6)cc5OC)c4)c(OC)c3)cc2)cc1. The molecule has 0 aromatic heterocycles. The third kappa shape index (κ3) is 19.0. The molecule has 0 aliphatic heterocycles. The zero-order valence-corrected chi connectivity index (χ0v) is 46.9. The van der Waals surface area contributed by atoms with Crippen molar-refractivity contribution in [1.82, 2.24) is 0 Å². The normalized spacial score (nSPS) is 10.8. The fourth-order valence-electron chi connectivity index (χ4n) is 8.99. The molecule has 0 aliphatic rings. The van der Waals surface area contributed by atoms with Crippen molar-refractivity contribution in [2.75, 3.05) is 27.4 Å². The lowest BCUT2D eigenvalue weighted by Crippen LogP contribution is -2.14. The molecule has 0 atom stereocenters. The molecule has 422 valence electrons. The highest BCUT2D eigenvalue weighted by Gasteiger charge is 2.21. The molecule has 0 aliphatic carbocycles. The van der Waals surface area contributed by atoms with Crippen molar-refractivity contribution in [3.05, 3.63) is 193 Å². The Morgan fingerprint density at radius 3 is 1.06 bits per heavy atom. The van der Waals surface area contributed by atoms with Crippen molar-refractivity contribution in [2.45, 2.75) is 110 Å². The van der Waals surface area contributed by atoms with Crippen LogP contribution in [-0.4, -0.2) is 51.3 Å². The van der Waals surface area contributed by atoms with E-state index in [9.17, 15) is 19.2 Å². The van der Waals surface area contributed by atoms with Crippen LogP contribution in [0.2, 0.25) is 0 Å². The van der Waals surface area contributed by atoms with Crippen LogP contribution in [0.4, 0.5) is 0 Å². The highest BCUT2D eigenvalue weighted by Crippen LogP contribution is 2.33. The molecule has 0 fully saturated rings. The highest BCUT2D eigenvalue weighted by molar-refractivity contribution is 5.98. The maximum Gasteiger partial charge on any atom is 0.343 e. The molecule has 7 aromatic rings. The van der Waals surface area contributed by atoms with Gasteiger partial charge in [0.2, 0.25) is 0 Å². The molecule has 12 nitrogen and oxygen atoms in total. The second-order valence-corrected chi connectivity index (χ2v) is 19.7. The van der Waals surface area contributed by atoms with Crippen molar-refractivity contribution in [3.8, 4) is 68.2 Å². The molecule has 0 heterocycles. The maximum absolute atomic E-state index is 13.4. The molecule has 0 saturated heterocycles. The lowest BCUT2D eigenvalue weighted by atomic mass is 10.1. The third-order valence-electron chi connectivity index (χ3n) is 13.6. The molecule has 0 spiro atoms. The van der Waals surface area contributed by atoms with Gasteiger partial charge < -0.3 is 37.9 Å². The van der Waals surface area contributed by atoms with Gasteiger partial charge in [-0.15, -0.1) is 6.58 Å². The molecule has 0 saturated carbocycles. The summed E-state index contributed by atoms with van der Waals surface area (Å²) in [6, 6.07) is 44.6. The van der Waals surface area contributed by atoms with E-state index in [4.69, 9.17) is 37.9 Å². The Kier molecular flexibility index (Phi) is 24.0. The van der Waals surface area contributed by atoms with Crippen LogP contribution in [0, 0.1) is 0 Å². The number of allylic oxidation sites excluding steroid dienone is 1. The number of unbranched alkanes of at least 4 members (excludes halogenated alkanes) is 14. The number of carbonyl (C=O) groups is 4. The molecular weight excluding hydrogens is 1020 g/mol. The predicted molar refractivity (Wildman–Crippen MR) is 317 cm³/mol. The second-order valence-electron chi connectivity index (χ2n) is 19.7. The van der Waals surface area contributed by atoms with Crippen molar-refractivity contribution in [3.63, 3.8) is 0 Å². The van der Waals surface area contributed by atoms with E-state index in [1.165, 1.54) is 152 Å². The van der Waals surface area contributed by atoms with Crippen LogP contribution in [0.5, 0.6) is 46.0 Å². The summed E-state index contributed by atoms with van der Waals surface area (Å²) < 4.78 is 45.6. The second kappa shape index (κ2) is 32.4. The Balaban J connectivity index is 0.853. The number of rotatable bonds is 33. The minimum atomic E-state index is -0.800. The van der Waals surface area contributed by atoms with Gasteiger partial charge in [-0.05, 0) is 151 Å². The van der Waals surface area contributed by atoms with E-state index in [0.717, 1.165) is 59.4 Å². The van der Waals surface area contributed by atoms with Gasteiger partial charge in [-0.1, -0.05) is 145 Å². The highest BCUT2D eigenvalue weighted by atomic mass is 16.6. The lowest BCUT2D eigenvalue weighted by Gasteiger charge is -2.12. The third-order valence-corrected chi connectivity index (χ3v) is 13.6. The van der Waals surface area contributed by atoms with Gasteiger partial charge in [-0.3, -0.25) is 0 Å². The van der Waals surface area contributed by atoms with Crippen LogP contribution >= 0.6 is 0 Å². The number of hydrogen-bond acceptors (Lipinski definition) is 12. The first-order chi connectivity index (χ1) is 39.6. The molecule has 0 unspecified atom stereocenters. The lowest BCUT2D eigenvalue weighted by molar-refractivity contribution is 0.0720. The number of benzene rings is 7. The van der Waals surface area contributed by atoms with Crippen LogP contribution in [0.1, 0.15) is 151 Å². The molecule has 81 heavy (non-hydrogen) atoms.